The second-order valence-corrected chi connectivity index (χ2v) is 8.28. The zero-order valence-electron chi connectivity index (χ0n) is 18.6. The minimum atomic E-state index is -0.0294. The average molecular weight is 515 g/mol. The maximum Gasteiger partial charge on any atom is 0.251 e. The van der Waals surface area contributed by atoms with Gasteiger partial charge in [-0.3, -0.25) is 4.79 Å². The lowest BCUT2D eigenvalue weighted by molar-refractivity contribution is 0.0951. The summed E-state index contributed by atoms with van der Waals surface area (Å²) in [7, 11) is 3.99. The minimum Gasteiger partial charge on any atom is -0.357 e. The quantitative estimate of drug-likeness (QED) is 0.333. The smallest absolute Gasteiger partial charge is 0.251 e. The molecular weight excluding hydrogens is 477 g/mol. The van der Waals surface area contributed by atoms with Gasteiger partial charge in [-0.15, -0.1) is 24.0 Å². The van der Waals surface area contributed by atoms with Crippen molar-refractivity contribution in [1.82, 2.24) is 20.4 Å². The molecule has 29 heavy (non-hydrogen) atoms. The van der Waals surface area contributed by atoms with Gasteiger partial charge < -0.3 is 20.4 Å². The van der Waals surface area contributed by atoms with Gasteiger partial charge in [-0.25, -0.2) is 4.99 Å². The number of piperidine rings is 1. The van der Waals surface area contributed by atoms with E-state index in [0.717, 1.165) is 37.7 Å². The molecule has 0 aliphatic carbocycles. The van der Waals surface area contributed by atoms with E-state index in [0.29, 0.717) is 30.5 Å². The molecule has 0 bridgehead atoms. The molecule has 1 heterocycles. The predicted octanol–water partition coefficient (Wildman–Crippen LogP) is 3.04. The fourth-order valence-electron chi connectivity index (χ4n) is 3.73. The highest BCUT2D eigenvalue weighted by Gasteiger charge is 2.23. The lowest BCUT2D eigenvalue weighted by Crippen LogP contribution is -2.48. The predicted molar refractivity (Wildman–Crippen MR) is 132 cm³/mol. The molecule has 1 fully saturated rings. The van der Waals surface area contributed by atoms with Crippen molar-refractivity contribution in [3.05, 3.63) is 35.4 Å². The van der Waals surface area contributed by atoms with E-state index in [2.05, 4.69) is 41.2 Å². The molecule has 164 valence electrons. The van der Waals surface area contributed by atoms with E-state index in [1.54, 1.807) is 0 Å². The van der Waals surface area contributed by atoms with Crippen LogP contribution in [0.15, 0.2) is 29.3 Å². The van der Waals surface area contributed by atoms with E-state index in [1.807, 2.05) is 38.4 Å². The van der Waals surface area contributed by atoms with Gasteiger partial charge in [0.25, 0.3) is 5.91 Å². The van der Waals surface area contributed by atoms with Crippen molar-refractivity contribution >= 4 is 35.8 Å². The van der Waals surface area contributed by atoms with Gasteiger partial charge in [0.2, 0.25) is 0 Å². The molecule has 2 atom stereocenters. The first-order valence-corrected chi connectivity index (χ1v) is 10.4. The number of aliphatic imine (C=N–C) groups is 1. The highest BCUT2D eigenvalue weighted by molar-refractivity contribution is 14.0. The molecule has 2 rings (SSSR count). The second kappa shape index (κ2) is 13.1. The number of guanidine groups is 1. The van der Waals surface area contributed by atoms with E-state index in [1.165, 1.54) is 6.42 Å². The van der Waals surface area contributed by atoms with Gasteiger partial charge in [0.05, 0.1) is 6.54 Å². The average Bonchev–Trinajstić information content (AvgIpc) is 2.64. The number of benzene rings is 1. The van der Waals surface area contributed by atoms with Crippen LogP contribution in [0.3, 0.4) is 0 Å². The molecule has 0 saturated carbocycles. The van der Waals surface area contributed by atoms with Gasteiger partial charge >= 0.3 is 0 Å². The Balaban J connectivity index is 0.00000420. The van der Waals surface area contributed by atoms with Crippen LogP contribution in [0.2, 0.25) is 0 Å². The number of halogens is 1. The van der Waals surface area contributed by atoms with E-state index in [9.17, 15) is 4.79 Å². The molecule has 6 nitrogen and oxygen atoms in total. The maximum absolute atomic E-state index is 12.4. The van der Waals surface area contributed by atoms with E-state index < -0.39 is 0 Å². The van der Waals surface area contributed by atoms with Gasteiger partial charge in [-0.2, -0.15) is 0 Å². The summed E-state index contributed by atoms with van der Waals surface area (Å²) in [4.78, 5) is 21.6. The Hall–Kier alpha value is -1.35. The first-order chi connectivity index (χ1) is 13.4. The van der Waals surface area contributed by atoms with E-state index in [-0.39, 0.29) is 29.9 Å². The minimum absolute atomic E-state index is 0. The van der Waals surface area contributed by atoms with Gasteiger partial charge in [-0.1, -0.05) is 26.0 Å². The summed E-state index contributed by atoms with van der Waals surface area (Å²) in [5.41, 5.74) is 1.74. The van der Waals surface area contributed by atoms with Crippen molar-refractivity contribution in [3.8, 4) is 0 Å². The topological polar surface area (TPSA) is 60.0 Å². The van der Waals surface area contributed by atoms with Crippen LogP contribution in [-0.2, 0) is 6.54 Å². The molecule has 1 aliphatic rings. The number of carbonyl (C=O) groups is 1. The van der Waals surface area contributed by atoms with Crippen LogP contribution in [0.5, 0.6) is 0 Å². The highest BCUT2D eigenvalue weighted by Crippen LogP contribution is 2.21. The Labute approximate surface area is 193 Å². The molecule has 1 aliphatic heterocycles. The van der Waals surface area contributed by atoms with Crippen molar-refractivity contribution in [2.45, 2.75) is 33.7 Å². The Morgan fingerprint density at radius 2 is 1.90 bits per heavy atom. The zero-order chi connectivity index (χ0) is 20.5. The van der Waals surface area contributed by atoms with Gasteiger partial charge in [0, 0.05) is 38.3 Å². The summed E-state index contributed by atoms with van der Waals surface area (Å²) in [5, 5.41) is 6.40. The van der Waals surface area contributed by atoms with Crippen molar-refractivity contribution in [2.75, 3.05) is 46.8 Å². The third kappa shape index (κ3) is 8.90. The molecule has 2 unspecified atom stereocenters. The monoisotopic (exact) mass is 515 g/mol. The van der Waals surface area contributed by atoms with Crippen molar-refractivity contribution in [2.24, 2.45) is 16.8 Å². The summed E-state index contributed by atoms with van der Waals surface area (Å²) >= 11 is 0. The Bertz CT molecular complexity index is 654. The third-order valence-corrected chi connectivity index (χ3v) is 4.95. The molecule has 0 aromatic heterocycles. The van der Waals surface area contributed by atoms with Crippen molar-refractivity contribution in [1.29, 1.82) is 0 Å². The molecule has 0 spiro atoms. The highest BCUT2D eigenvalue weighted by atomic mass is 127. The van der Waals surface area contributed by atoms with Crippen LogP contribution in [0.4, 0.5) is 0 Å². The molecule has 1 saturated heterocycles. The number of hydrogen-bond donors (Lipinski definition) is 2. The SMILES string of the molecule is CCNC(=NCc1cccc(C(=O)NCCN(C)C)c1)N1CC(C)CC(C)C1.I. The Morgan fingerprint density at radius 3 is 2.52 bits per heavy atom. The second-order valence-electron chi connectivity index (χ2n) is 8.28. The first kappa shape index (κ1) is 25.7. The van der Waals surface area contributed by atoms with Crippen LogP contribution in [0.25, 0.3) is 0 Å². The van der Waals surface area contributed by atoms with Gasteiger partial charge in [0.1, 0.15) is 0 Å². The zero-order valence-corrected chi connectivity index (χ0v) is 20.9. The summed E-state index contributed by atoms with van der Waals surface area (Å²) in [6.45, 7) is 11.7. The van der Waals surface area contributed by atoms with Crippen LogP contribution in [0.1, 0.15) is 43.1 Å². The molecule has 1 aromatic carbocycles. The van der Waals surface area contributed by atoms with Crippen LogP contribution in [0, 0.1) is 11.8 Å². The Morgan fingerprint density at radius 1 is 1.21 bits per heavy atom. The molecule has 2 N–H and O–H groups in total. The number of hydrogen-bond acceptors (Lipinski definition) is 3. The van der Waals surface area contributed by atoms with Crippen molar-refractivity contribution in [3.63, 3.8) is 0 Å². The van der Waals surface area contributed by atoms with Gasteiger partial charge in [0.15, 0.2) is 5.96 Å². The van der Waals surface area contributed by atoms with Crippen molar-refractivity contribution < 1.29 is 4.79 Å². The first-order valence-electron chi connectivity index (χ1n) is 10.4. The number of likely N-dealkylation sites (N-methyl/N-ethyl adjacent to an activating group) is 1. The largest absolute Gasteiger partial charge is 0.357 e. The number of likely N-dealkylation sites (tertiary alicyclic amines) is 1. The maximum atomic E-state index is 12.4. The summed E-state index contributed by atoms with van der Waals surface area (Å²) < 4.78 is 0. The molecule has 1 aromatic rings. The summed E-state index contributed by atoms with van der Waals surface area (Å²) in [6.07, 6.45) is 1.28. The van der Waals surface area contributed by atoms with Crippen LogP contribution >= 0.6 is 24.0 Å². The summed E-state index contributed by atoms with van der Waals surface area (Å²) in [6, 6.07) is 7.77. The number of amides is 1. The number of nitrogens with zero attached hydrogens (tertiary/aromatic N) is 3. The lowest BCUT2D eigenvalue weighted by Gasteiger charge is -2.37. The third-order valence-electron chi connectivity index (χ3n) is 4.95. The lowest BCUT2D eigenvalue weighted by atomic mass is 9.92. The fraction of sp³-hybridized carbons (Fsp3) is 0.636. The Kier molecular flexibility index (Phi) is 11.6. The van der Waals surface area contributed by atoms with E-state index >= 15 is 0 Å². The normalized spacial score (nSPS) is 19.7. The van der Waals surface area contributed by atoms with E-state index in [4.69, 9.17) is 4.99 Å². The molecular formula is C22H38IN5O. The standard InChI is InChI=1S/C22H37N5O.HI/c1-6-23-22(27-15-17(2)12-18(3)16-27)25-14-19-8-7-9-20(13-19)21(28)24-10-11-26(4)5;/h7-9,13,17-18H,6,10-12,14-16H2,1-5H3,(H,23,25)(H,24,28);1H. The van der Waals surface area contributed by atoms with Crippen LogP contribution < -0.4 is 10.6 Å². The summed E-state index contributed by atoms with van der Waals surface area (Å²) in [5.74, 6) is 2.31. The number of nitrogens with one attached hydrogen (secondary N) is 2. The van der Waals surface area contributed by atoms with Gasteiger partial charge in [-0.05, 0) is 57.0 Å². The number of carbonyl (C=O) groups excluding carboxylic acids is 1. The fourth-order valence-corrected chi connectivity index (χ4v) is 3.73. The number of rotatable bonds is 7. The van der Waals surface area contributed by atoms with Crippen LogP contribution in [-0.4, -0.2) is 68.5 Å². The molecule has 0 radical (unpaired) electrons. The molecule has 7 heteroatoms. The molecule has 1 amide bonds.